The Morgan fingerprint density at radius 2 is 2.11 bits per heavy atom. The average Bonchev–Trinajstić information content (AvgIpc) is 3.16. The van der Waals surface area contributed by atoms with Crippen molar-refractivity contribution < 1.29 is 4.79 Å². The largest absolute Gasteiger partial charge is 0.356 e. The first-order valence-corrected chi connectivity index (χ1v) is 10.3. The monoisotopic (exact) mass is 381 g/mol. The summed E-state index contributed by atoms with van der Waals surface area (Å²) in [5.74, 6) is 0.320. The number of fused-ring (bicyclic) bond motifs is 1. The van der Waals surface area contributed by atoms with Gasteiger partial charge in [-0.05, 0) is 43.5 Å². The van der Waals surface area contributed by atoms with Crippen molar-refractivity contribution in [3.05, 3.63) is 36.7 Å². The number of nitrogens with one attached hydrogen (secondary N) is 1. The minimum Gasteiger partial charge on any atom is -0.356 e. The van der Waals surface area contributed by atoms with Crippen molar-refractivity contribution >= 4 is 32.7 Å². The van der Waals surface area contributed by atoms with Gasteiger partial charge in [-0.1, -0.05) is 18.3 Å². The van der Waals surface area contributed by atoms with Crippen LogP contribution in [0.3, 0.4) is 0 Å². The smallest absolute Gasteiger partial charge is 0.223 e. The first-order valence-electron chi connectivity index (χ1n) is 9.45. The molecule has 0 saturated carbocycles. The second kappa shape index (κ2) is 8.00. The van der Waals surface area contributed by atoms with Gasteiger partial charge < -0.3 is 10.2 Å². The molecule has 1 saturated heterocycles. The summed E-state index contributed by atoms with van der Waals surface area (Å²) in [5, 5.41) is 4.01. The topological polar surface area (TPSA) is 71.0 Å². The van der Waals surface area contributed by atoms with Gasteiger partial charge in [0.2, 0.25) is 5.91 Å². The zero-order chi connectivity index (χ0) is 18.6. The molecule has 1 N–H and O–H groups in total. The van der Waals surface area contributed by atoms with Gasteiger partial charge >= 0.3 is 0 Å². The molecular weight excluding hydrogens is 358 g/mol. The number of thiazole rings is 1. The molecule has 140 valence electrons. The molecule has 0 spiro atoms. The van der Waals surface area contributed by atoms with Crippen LogP contribution in [-0.2, 0) is 4.79 Å². The molecule has 7 heteroatoms. The number of amides is 1. The van der Waals surface area contributed by atoms with Crippen LogP contribution in [-0.4, -0.2) is 40.5 Å². The van der Waals surface area contributed by atoms with Crippen LogP contribution < -0.4 is 10.2 Å². The van der Waals surface area contributed by atoms with Crippen LogP contribution in [0.15, 0.2) is 36.7 Å². The Kier molecular flexibility index (Phi) is 5.29. The summed E-state index contributed by atoms with van der Waals surface area (Å²) in [4.78, 5) is 29.1. The van der Waals surface area contributed by atoms with Gasteiger partial charge in [0.15, 0.2) is 5.13 Å². The Bertz CT molecular complexity index is 919. The second-order valence-electron chi connectivity index (χ2n) is 6.81. The lowest BCUT2D eigenvalue weighted by molar-refractivity contribution is -0.125. The molecule has 0 unspecified atom stereocenters. The maximum absolute atomic E-state index is 12.2. The van der Waals surface area contributed by atoms with Crippen molar-refractivity contribution in [3.63, 3.8) is 0 Å². The van der Waals surface area contributed by atoms with E-state index in [1.807, 2.05) is 30.5 Å². The Labute approximate surface area is 162 Å². The third kappa shape index (κ3) is 3.93. The van der Waals surface area contributed by atoms with E-state index in [0.717, 1.165) is 65.6 Å². The first-order chi connectivity index (χ1) is 13.2. The maximum Gasteiger partial charge on any atom is 0.223 e. The van der Waals surface area contributed by atoms with Crippen LogP contribution in [0, 0.1) is 5.92 Å². The zero-order valence-electron chi connectivity index (χ0n) is 15.4. The molecule has 6 nitrogen and oxygen atoms in total. The standard InChI is InChI=1S/C20H23N5OS/c1-2-9-22-18(26)14-7-11-25(12-8-14)20-24-17-6-5-16(23-19(17)27-20)15-4-3-10-21-13-15/h3-6,10,13-14H,2,7-9,11-12H2,1H3,(H,22,26). The molecule has 1 aliphatic rings. The van der Waals surface area contributed by atoms with Crippen molar-refractivity contribution in [2.45, 2.75) is 26.2 Å². The molecule has 0 aliphatic carbocycles. The molecule has 27 heavy (non-hydrogen) atoms. The van der Waals surface area contributed by atoms with E-state index in [9.17, 15) is 4.79 Å². The summed E-state index contributed by atoms with van der Waals surface area (Å²) in [5.41, 5.74) is 2.84. The lowest BCUT2D eigenvalue weighted by Crippen LogP contribution is -2.40. The van der Waals surface area contributed by atoms with E-state index in [-0.39, 0.29) is 11.8 Å². The molecule has 4 heterocycles. The Morgan fingerprint density at radius 1 is 1.26 bits per heavy atom. The average molecular weight is 382 g/mol. The molecule has 3 aromatic heterocycles. The van der Waals surface area contributed by atoms with Crippen LogP contribution in [0.25, 0.3) is 21.6 Å². The SMILES string of the molecule is CCCNC(=O)C1CCN(c2nc3ccc(-c4cccnc4)nc3s2)CC1. The van der Waals surface area contributed by atoms with Crippen LogP contribution in [0.1, 0.15) is 26.2 Å². The normalized spacial score (nSPS) is 15.2. The van der Waals surface area contributed by atoms with Crippen LogP contribution in [0.5, 0.6) is 0 Å². The highest BCUT2D eigenvalue weighted by atomic mass is 32.1. The fourth-order valence-corrected chi connectivity index (χ4v) is 4.33. The van der Waals surface area contributed by atoms with E-state index >= 15 is 0 Å². The number of nitrogens with zero attached hydrogens (tertiary/aromatic N) is 4. The van der Waals surface area contributed by atoms with Gasteiger partial charge in [-0.2, -0.15) is 0 Å². The lowest BCUT2D eigenvalue weighted by atomic mass is 9.96. The first kappa shape index (κ1) is 17.9. The van der Waals surface area contributed by atoms with E-state index in [1.165, 1.54) is 0 Å². The molecule has 1 amide bonds. The summed E-state index contributed by atoms with van der Waals surface area (Å²) < 4.78 is 0. The van der Waals surface area contributed by atoms with Gasteiger partial charge in [0.05, 0.1) is 5.69 Å². The molecule has 1 aliphatic heterocycles. The molecule has 0 radical (unpaired) electrons. The molecule has 1 fully saturated rings. The second-order valence-corrected chi connectivity index (χ2v) is 7.77. The number of hydrogen-bond acceptors (Lipinski definition) is 6. The Morgan fingerprint density at radius 3 is 2.85 bits per heavy atom. The highest BCUT2D eigenvalue weighted by Crippen LogP contribution is 2.32. The highest BCUT2D eigenvalue weighted by Gasteiger charge is 2.26. The molecule has 0 aromatic carbocycles. The lowest BCUT2D eigenvalue weighted by Gasteiger charge is -2.30. The van der Waals surface area contributed by atoms with Crippen molar-refractivity contribution in [2.24, 2.45) is 5.92 Å². The number of anilines is 1. The van der Waals surface area contributed by atoms with Gasteiger partial charge in [0.1, 0.15) is 10.3 Å². The van der Waals surface area contributed by atoms with Gasteiger partial charge in [0, 0.05) is 43.5 Å². The number of piperidine rings is 1. The fraction of sp³-hybridized carbons (Fsp3) is 0.400. The molecule has 0 bridgehead atoms. The minimum absolute atomic E-state index is 0.123. The minimum atomic E-state index is 0.123. The molecule has 3 aromatic rings. The maximum atomic E-state index is 12.2. The van der Waals surface area contributed by atoms with Crippen molar-refractivity contribution in [2.75, 3.05) is 24.5 Å². The Hall–Kier alpha value is -2.54. The van der Waals surface area contributed by atoms with E-state index in [0.29, 0.717) is 0 Å². The van der Waals surface area contributed by atoms with E-state index in [2.05, 4.69) is 22.1 Å². The van der Waals surface area contributed by atoms with Gasteiger partial charge in [-0.25, -0.2) is 9.97 Å². The van der Waals surface area contributed by atoms with Crippen LogP contribution in [0.2, 0.25) is 0 Å². The highest BCUT2D eigenvalue weighted by molar-refractivity contribution is 7.21. The van der Waals surface area contributed by atoms with Gasteiger partial charge in [0.25, 0.3) is 0 Å². The third-order valence-corrected chi connectivity index (χ3v) is 5.91. The van der Waals surface area contributed by atoms with Crippen molar-refractivity contribution in [1.29, 1.82) is 0 Å². The molecule has 0 atom stereocenters. The summed E-state index contributed by atoms with van der Waals surface area (Å²) in [6.45, 7) is 4.56. The number of pyridine rings is 2. The number of carbonyl (C=O) groups excluding carboxylic acids is 1. The number of hydrogen-bond donors (Lipinski definition) is 1. The third-order valence-electron chi connectivity index (χ3n) is 4.89. The summed E-state index contributed by atoms with van der Waals surface area (Å²) in [6, 6.07) is 7.94. The summed E-state index contributed by atoms with van der Waals surface area (Å²) in [7, 11) is 0. The molecular formula is C20H23N5OS. The van der Waals surface area contributed by atoms with E-state index in [4.69, 9.17) is 9.97 Å². The van der Waals surface area contributed by atoms with Gasteiger partial charge in [-0.3, -0.25) is 9.78 Å². The number of carbonyl (C=O) groups is 1. The number of rotatable bonds is 5. The number of aromatic nitrogens is 3. The predicted molar refractivity (Wildman–Crippen MR) is 109 cm³/mol. The quantitative estimate of drug-likeness (QED) is 0.732. The van der Waals surface area contributed by atoms with Gasteiger partial charge in [-0.15, -0.1) is 0 Å². The summed E-state index contributed by atoms with van der Waals surface area (Å²) in [6.07, 6.45) is 6.31. The van der Waals surface area contributed by atoms with Crippen LogP contribution >= 0.6 is 11.3 Å². The van der Waals surface area contributed by atoms with Crippen molar-refractivity contribution in [1.82, 2.24) is 20.3 Å². The van der Waals surface area contributed by atoms with Crippen molar-refractivity contribution in [3.8, 4) is 11.3 Å². The zero-order valence-corrected chi connectivity index (χ0v) is 16.2. The van der Waals surface area contributed by atoms with E-state index < -0.39 is 0 Å². The fourth-order valence-electron chi connectivity index (χ4n) is 3.34. The predicted octanol–water partition coefficient (Wildman–Crippen LogP) is 3.50. The van der Waals surface area contributed by atoms with Crippen LogP contribution in [0.4, 0.5) is 5.13 Å². The van der Waals surface area contributed by atoms with E-state index in [1.54, 1.807) is 17.5 Å². The summed E-state index contributed by atoms with van der Waals surface area (Å²) >= 11 is 1.62. The Balaban J connectivity index is 1.46. The molecule has 4 rings (SSSR count).